The van der Waals surface area contributed by atoms with Crippen LogP contribution in [-0.2, 0) is 23.9 Å². The highest BCUT2D eigenvalue weighted by molar-refractivity contribution is 8.03. The van der Waals surface area contributed by atoms with Crippen molar-refractivity contribution < 1.29 is 29.0 Å². The Morgan fingerprint density at radius 3 is 2.54 bits per heavy atom. The van der Waals surface area contributed by atoms with Gasteiger partial charge in [-0.3, -0.25) is 14.4 Å². The van der Waals surface area contributed by atoms with Crippen molar-refractivity contribution in [3.05, 3.63) is 10.6 Å². The molecule has 1 N–H and O–H groups in total. The summed E-state index contributed by atoms with van der Waals surface area (Å²) in [6, 6.07) is -0.297. The van der Waals surface area contributed by atoms with E-state index >= 15 is 0 Å². The molecule has 2 aliphatic heterocycles. The van der Waals surface area contributed by atoms with E-state index in [1.54, 1.807) is 11.8 Å². The van der Waals surface area contributed by atoms with Crippen LogP contribution in [0.3, 0.4) is 0 Å². The summed E-state index contributed by atoms with van der Waals surface area (Å²) in [7, 11) is 0. The molecule has 0 bridgehead atoms. The van der Waals surface area contributed by atoms with Crippen molar-refractivity contribution in [3.8, 4) is 0 Å². The second-order valence-electron chi connectivity index (χ2n) is 6.35. The highest BCUT2D eigenvalue weighted by Gasteiger charge is 2.57. The van der Waals surface area contributed by atoms with Gasteiger partial charge in [-0.1, -0.05) is 0 Å². The quantitative estimate of drug-likeness (QED) is 0.387. The first-order valence-electron chi connectivity index (χ1n) is 8.54. The summed E-state index contributed by atoms with van der Waals surface area (Å²) in [5.41, 5.74) is 0.0861. The number of thioether (sulfide) groups is 1. The van der Waals surface area contributed by atoms with E-state index in [1.165, 1.54) is 23.6 Å². The molecule has 26 heavy (non-hydrogen) atoms. The zero-order chi connectivity index (χ0) is 19.6. The van der Waals surface area contributed by atoms with Gasteiger partial charge in [0.25, 0.3) is 0 Å². The van der Waals surface area contributed by atoms with Gasteiger partial charge < -0.3 is 19.6 Å². The number of aliphatic hydroxyl groups is 1. The molecule has 0 radical (unpaired) electrons. The smallest absolute Gasteiger partial charge is 0.363 e. The van der Waals surface area contributed by atoms with Crippen LogP contribution in [0.1, 0.15) is 34.1 Å². The minimum Gasteiger partial charge on any atom is -0.393 e. The molecule has 1 saturated heterocycles. The van der Waals surface area contributed by atoms with Gasteiger partial charge in [-0.15, -0.1) is 11.8 Å². The Morgan fingerprint density at radius 1 is 1.38 bits per heavy atom. The lowest BCUT2D eigenvalue weighted by Gasteiger charge is -2.44. The first-order valence-corrected chi connectivity index (χ1v) is 9.52. The van der Waals surface area contributed by atoms with Crippen LogP contribution in [0, 0.1) is 5.92 Å². The van der Waals surface area contributed by atoms with Gasteiger partial charge in [-0.25, -0.2) is 4.79 Å². The Morgan fingerprint density at radius 2 is 2.04 bits per heavy atom. The molecule has 0 aromatic heterocycles. The Kier molecular flexibility index (Phi) is 6.46. The van der Waals surface area contributed by atoms with Crippen LogP contribution in [0.15, 0.2) is 10.6 Å². The molecular weight excluding hydrogens is 360 g/mol. The molecule has 2 aliphatic rings. The molecule has 2 heterocycles. The molecule has 2 rings (SSSR count). The van der Waals surface area contributed by atoms with Gasteiger partial charge in [0.15, 0.2) is 0 Å². The molecule has 0 aromatic carbocycles. The first-order chi connectivity index (χ1) is 12.2. The zero-order valence-electron chi connectivity index (χ0n) is 15.4. The third-order valence-electron chi connectivity index (χ3n) is 4.58. The van der Waals surface area contributed by atoms with Crippen LogP contribution in [0.4, 0.5) is 0 Å². The molecule has 0 aromatic rings. The van der Waals surface area contributed by atoms with Crippen LogP contribution >= 0.6 is 11.8 Å². The lowest BCUT2D eigenvalue weighted by molar-refractivity contribution is -0.165. The Labute approximate surface area is 156 Å². The Balaban J connectivity index is 2.15. The van der Waals surface area contributed by atoms with Gasteiger partial charge >= 0.3 is 11.9 Å². The number of fused-ring (bicyclic) bond motifs is 1. The van der Waals surface area contributed by atoms with Crippen molar-refractivity contribution in [2.75, 3.05) is 18.8 Å². The lowest BCUT2D eigenvalue weighted by atomic mass is 9.83. The summed E-state index contributed by atoms with van der Waals surface area (Å²) in [6.07, 6.45) is -0.382. The number of ether oxygens (including phenoxy) is 1. The highest BCUT2D eigenvalue weighted by atomic mass is 32.2. The average Bonchev–Trinajstić information content (AvgIpc) is 2.84. The van der Waals surface area contributed by atoms with E-state index in [2.05, 4.69) is 4.74 Å². The summed E-state index contributed by atoms with van der Waals surface area (Å²) in [4.78, 5) is 50.9. The SMILES string of the molecule is CCN(CCSC1=C(C(=O)OC(C)=O)N2C(=O)[C@H]([C@@H](C)O)[C@H]2C1)C(C)=O. The third-order valence-corrected chi connectivity index (χ3v) is 5.68. The number of rotatable bonds is 7. The van der Waals surface area contributed by atoms with Gasteiger partial charge in [0.1, 0.15) is 5.70 Å². The largest absolute Gasteiger partial charge is 0.393 e. The van der Waals surface area contributed by atoms with Crippen LogP contribution < -0.4 is 0 Å². The van der Waals surface area contributed by atoms with Crippen molar-refractivity contribution in [1.82, 2.24) is 9.80 Å². The highest BCUT2D eigenvalue weighted by Crippen LogP contribution is 2.47. The van der Waals surface area contributed by atoms with Crippen molar-refractivity contribution in [2.24, 2.45) is 5.92 Å². The van der Waals surface area contributed by atoms with E-state index in [0.717, 1.165) is 6.92 Å². The molecule has 3 atom stereocenters. The second-order valence-corrected chi connectivity index (χ2v) is 7.54. The molecule has 8 nitrogen and oxygen atoms in total. The molecule has 0 saturated carbocycles. The van der Waals surface area contributed by atoms with Crippen molar-refractivity contribution in [2.45, 2.75) is 46.3 Å². The molecule has 0 aliphatic carbocycles. The molecule has 9 heteroatoms. The molecule has 0 unspecified atom stereocenters. The predicted molar refractivity (Wildman–Crippen MR) is 94.6 cm³/mol. The summed E-state index contributed by atoms with van der Waals surface area (Å²) in [6.45, 7) is 7.15. The molecule has 144 valence electrons. The van der Waals surface area contributed by atoms with Gasteiger partial charge in [-0.2, -0.15) is 0 Å². The number of hydrogen-bond acceptors (Lipinski definition) is 7. The third kappa shape index (κ3) is 3.93. The normalized spacial score (nSPS) is 22.7. The number of aliphatic hydroxyl groups excluding tert-OH is 1. The van der Waals surface area contributed by atoms with Crippen LogP contribution in [0.5, 0.6) is 0 Å². The number of carbonyl (C=O) groups is 4. The lowest BCUT2D eigenvalue weighted by Crippen LogP contribution is -2.61. The standard InChI is InChI=1S/C17H24N2O6S/c1-5-18(10(3)21)6-7-26-13-8-12-14(9(2)20)16(23)19(12)15(13)17(24)25-11(4)22/h9,12,14,20H,5-8H2,1-4H3/t9-,12-,14-/m1/s1. The number of carbonyl (C=O) groups excluding carboxylic acids is 4. The summed E-state index contributed by atoms with van der Waals surface area (Å²) in [5.74, 6) is -1.97. The maximum atomic E-state index is 12.3. The van der Waals surface area contributed by atoms with Crippen molar-refractivity contribution >= 4 is 35.5 Å². The van der Waals surface area contributed by atoms with E-state index in [1.807, 2.05) is 6.92 Å². The van der Waals surface area contributed by atoms with Gasteiger partial charge in [-0.05, 0) is 13.8 Å². The maximum absolute atomic E-state index is 12.3. The average molecular weight is 384 g/mol. The van der Waals surface area contributed by atoms with E-state index in [0.29, 0.717) is 30.2 Å². The monoisotopic (exact) mass is 384 g/mol. The Hall–Kier alpha value is -1.87. The fourth-order valence-electron chi connectivity index (χ4n) is 3.35. The number of nitrogens with zero attached hydrogens (tertiary/aromatic N) is 2. The maximum Gasteiger partial charge on any atom is 0.363 e. The van der Waals surface area contributed by atoms with Crippen LogP contribution in [-0.4, -0.2) is 69.6 Å². The van der Waals surface area contributed by atoms with E-state index in [9.17, 15) is 24.3 Å². The molecule has 2 amide bonds. The van der Waals surface area contributed by atoms with Crippen molar-refractivity contribution in [3.63, 3.8) is 0 Å². The summed E-state index contributed by atoms with van der Waals surface area (Å²) >= 11 is 1.37. The fraction of sp³-hybridized carbons (Fsp3) is 0.647. The minimum atomic E-state index is -0.848. The van der Waals surface area contributed by atoms with E-state index < -0.39 is 24.0 Å². The van der Waals surface area contributed by atoms with Gasteiger partial charge in [0, 0.05) is 44.0 Å². The topological polar surface area (TPSA) is 104 Å². The van der Waals surface area contributed by atoms with E-state index in [4.69, 9.17) is 0 Å². The fourth-order valence-corrected chi connectivity index (χ4v) is 4.51. The summed E-state index contributed by atoms with van der Waals surface area (Å²) in [5, 5.41) is 9.80. The number of esters is 2. The molecule has 0 spiro atoms. The Bertz CT molecular complexity index is 660. The van der Waals surface area contributed by atoms with Crippen molar-refractivity contribution in [1.29, 1.82) is 0 Å². The van der Waals surface area contributed by atoms with E-state index in [-0.39, 0.29) is 23.6 Å². The number of amides is 2. The number of hydrogen-bond donors (Lipinski definition) is 1. The first kappa shape index (κ1) is 20.4. The number of β-lactam (4-membered cyclic amide) rings is 1. The zero-order valence-corrected chi connectivity index (χ0v) is 16.2. The van der Waals surface area contributed by atoms with Gasteiger partial charge in [0.05, 0.1) is 18.1 Å². The molecule has 1 fully saturated rings. The molecular formula is C17H24N2O6S. The van der Waals surface area contributed by atoms with Crippen LogP contribution in [0.25, 0.3) is 0 Å². The van der Waals surface area contributed by atoms with Crippen LogP contribution in [0.2, 0.25) is 0 Å². The summed E-state index contributed by atoms with van der Waals surface area (Å²) < 4.78 is 4.68. The van der Waals surface area contributed by atoms with Gasteiger partial charge in [0.2, 0.25) is 11.8 Å². The second kappa shape index (κ2) is 8.22. The minimum absolute atomic E-state index is 0.0297. The predicted octanol–water partition coefficient (Wildman–Crippen LogP) is 0.501.